The summed E-state index contributed by atoms with van der Waals surface area (Å²) in [5.41, 5.74) is 1.44. The molecule has 1 fully saturated rings. The van der Waals surface area contributed by atoms with Crippen molar-refractivity contribution in [2.24, 2.45) is 0 Å². The summed E-state index contributed by atoms with van der Waals surface area (Å²) < 4.78 is 0. The first-order valence-corrected chi connectivity index (χ1v) is 4.75. The van der Waals surface area contributed by atoms with Crippen LogP contribution in [0.1, 0.15) is 37.2 Å². The zero-order valence-corrected chi connectivity index (χ0v) is 7.29. The Bertz CT molecular complexity index is 219. The minimum atomic E-state index is 0.611. The highest BCUT2D eigenvalue weighted by Crippen LogP contribution is 2.31. The van der Waals surface area contributed by atoms with Gasteiger partial charge < -0.3 is 0 Å². The Balaban J connectivity index is 2.08. The third-order valence-corrected chi connectivity index (χ3v) is 2.51. The zero-order chi connectivity index (χ0) is 8.23. The smallest absolute Gasteiger partial charge is 0.00926 e. The fourth-order valence-corrected chi connectivity index (χ4v) is 1.82. The molecule has 0 heteroatoms. The van der Waals surface area contributed by atoms with E-state index in [1.54, 1.807) is 0 Å². The van der Waals surface area contributed by atoms with Crippen LogP contribution < -0.4 is 0 Å². The van der Waals surface area contributed by atoms with Crippen LogP contribution in [-0.4, -0.2) is 0 Å². The van der Waals surface area contributed by atoms with E-state index in [-0.39, 0.29) is 0 Å². The van der Waals surface area contributed by atoms with E-state index in [9.17, 15) is 0 Å². The Kier molecular flexibility index (Phi) is 2.45. The van der Waals surface area contributed by atoms with Crippen LogP contribution in [0, 0.1) is 6.42 Å². The van der Waals surface area contributed by atoms with Crippen LogP contribution in [0.5, 0.6) is 0 Å². The van der Waals surface area contributed by atoms with Crippen molar-refractivity contribution < 1.29 is 0 Å². The number of benzene rings is 1. The van der Waals surface area contributed by atoms with Gasteiger partial charge in [-0.05, 0) is 30.7 Å². The second-order valence-corrected chi connectivity index (χ2v) is 3.41. The predicted octanol–water partition coefficient (Wildman–Crippen LogP) is 3.43. The van der Waals surface area contributed by atoms with Crippen LogP contribution >= 0.6 is 0 Å². The molecule has 0 heterocycles. The predicted molar refractivity (Wildman–Crippen MR) is 50.9 cm³/mol. The molecule has 2 radical (unpaired) electrons. The minimum Gasteiger partial charge on any atom is -0.0622 e. The monoisotopic (exact) mass is 158 g/mol. The quantitative estimate of drug-likeness (QED) is 0.587. The standard InChI is InChI=1S/C12H14/c1-3-7-11(8-4-1)12-9-5-2-6-10-12/h1,3-4,7-8,12H,2,5-6,9H2. The topological polar surface area (TPSA) is 0 Å². The fourth-order valence-electron chi connectivity index (χ4n) is 1.82. The molecule has 0 N–H and O–H groups in total. The van der Waals surface area contributed by atoms with Crippen LogP contribution in [0.15, 0.2) is 30.3 Å². The van der Waals surface area contributed by atoms with Crippen molar-refractivity contribution in [2.45, 2.75) is 31.6 Å². The summed E-state index contributed by atoms with van der Waals surface area (Å²) in [5.74, 6) is 0.611. The Morgan fingerprint density at radius 2 is 1.92 bits per heavy atom. The lowest BCUT2D eigenvalue weighted by Crippen LogP contribution is -2.04. The van der Waals surface area contributed by atoms with Gasteiger partial charge in [0, 0.05) is 0 Å². The maximum absolute atomic E-state index is 3.54. The van der Waals surface area contributed by atoms with Gasteiger partial charge in [-0.25, -0.2) is 0 Å². The lowest BCUT2D eigenvalue weighted by Gasteiger charge is -2.20. The molecule has 62 valence electrons. The van der Waals surface area contributed by atoms with Crippen LogP contribution in [-0.2, 0) is 0 Å². The summed E-state index contributed by atoms with van der Waals surface area (Å²) in [7, 11) is 0. The van der Waals surface area contributed by atoms with E-state index in [1.807, 2.05) is 0 Å². The van der Waals surface area contributed by atoms with Gasteiger partial charge in [-0.1, -0.05) is 43.2 Å². The molecule has 1 aromatic carbocycles. The van der Waals surface area contributed by atoms with Gasteiger partial charge in [0.05, 0.1) is 0 Å². The van der Waals surface area contributed by atoms with Crippen LogP contribution in [0.3, 0.4) is 0 Å². The van der Waals surface area contributed by atoms with Crippen molar-refractivity contribution in [3.8, 4) is 0 Å². The average Bonchev–Trinajstić information content (AvgIpc) is 2.21. The van der Waals surface area contributed by atoms with E-state index in [2.05, 4.69) is 36.8 Å². The Hall–Kier alpha value is -0.780. The lowest BCUT2D eigenvalue weighted by atomic mass is 9.84. The van der Waals surface area contributed by atoms with Crippen LogP contribution in [0.4, 0.5) is 0 Å². The van der Waals surface area contributed by atoms with Gasteiger partial charge in [-0.2, -0.15) is 0 Å². The van der Waals surface area contributed by atoms with Crippen molar-refractivity contribution >= 4 is 0 Å². The molecule has 1 aliphatic carbocycles. The largest absolute Gasteiger partial charge is 0.0622 e. The second-order valence-electron chi connectivity index (χ2n) is 3.41. The molecule has 0 nitrogen and oxygen atoms in total. The van der Waals surface area contributed by atoms with Gasteiger partial charge in [0.15, 0.2) is 0 Å². The molecule has 12 heavy (non-hydrogen) atoms. The van der Waals surface area contributed by atoms with Crippen molar-refractivity contribution in [3.63, 3.8) is 0 Å². The SMILES string of the molecule is [C]1CCCCC1c1ccccc1. The molecule has 1 atom stereocenters. The molecule has 1 saturated carbocycles. The molecule has 1 aromatic rings. The molecule has 0 saturated heterocycles. The Labute approximate surface area is 74.6 Å². The molecular formula is C12H14. The lowest BCUT2D eigenvalue weighted by molar-refractivity contribution is 0.534. The van der Waals surface area contributed by atoms with E-state index in [0.717, 1.165) is 0 Å². The van der Waals surface area contributed by atoms with Crippen LogP contribution in [0.25, 0.3) is 0 Å². The molecule has 0 aliphatic heterocycles. The van der Waals surface area contributed by atoms with Gasteiger partial charge >= 0.3 is 0 Å². The average molecular weight is 158 g/mol. The highest BCUT2D eigenvalue weighted by Gasteiger charge is 2.14. The molecule has 1 aliphatic rings. The van der Waals surface area contributed by atoms with Crippen LogP contribution in [0.2, 0.25) is 0 Å². The minimum absolute atomic E-state index is 0.611. The number of hydrogen-bond donors (Lipinski definition) is 0. The van der Waals surface area contributed by atoms with Gasteiger partial charge in [-0.15, -0.1) is 0 Å². The van der Waals surface area contributed by atoms with E-state index >= 15 is 0 Å². The molecule has 0 aromatic heterocycles. The maximum atomic E-state index is 3.54. The van der Waals surface area contributed by atoms with Crippen molar-refractivity contribution in [1.82, 2.24) is 0 Å². The fraction of sp³-hybridized carbons (Fsp3) is 0.417. The first-order valence-electron chi connectivity index (χ1n) is 4.75. The summed E-state index contributed by atoms with van der Waals surface area (Å²) in [6.45, 7) is 0. The van der Waals surface area contributed by atoms with E-state index in [4.69, 9.17) is 0 Å². The Morgan fingerprint density at radius 3 is 2.58 bits per heavy atom. The molecule has 0 amide bonds. The zero-order valence-electron chi connectivity index (χ0n) is 7.29. The van der Waals surface area contributed by atoms with Crippen molar-refractivity contribution in [2.75, 3.05) is 0 Å². The third kappa shape index (κ3) is 1.69. The molecule has 0 spiro atoms. The molecule has 0 bridgehead atoms. The summed E-state index contributed by atoms with van der Waals surface area (Å²) in [6, 6.07) is 10.7. The van der Waals surface area contributed by atoms with Crippen molar-refractivity contribution in [3.05, 3.63) is 42.3 Å². The third-order valence-electron chi connectivity index (χ3n) is 2.51. The van der Waals surface area contributed by atoms with Crippen molar-refractivity contribution in [1.29, 1.82) is 0 Å². The highest BCUT2D eigenvalue weighted by molar-refractivity contribution is 5.22. The van der Waals surface area contributed by atoms with E-state index in [0.29, 0.717) is 5.92 Å². The van der Waals surface area contributed by atoms with Gasteiger partial charge in [0.1, 0.15) is 0 Å². The molecule has 2 rings (SSSR count). The van der Waals surface area contributed by atoms with E-state index in [1.165, 1.54) is 31.2 Å². The molecule has 1 unspecified atom stereocenters. The number of rotatable bonds is 1. The second kappa shape index (κ2) is 3.75. The van der Waals surface area contributed by atoms with Gasteiger partial charge in [0.2, 0.25) is 0 Å². The first-order chi connectivity index (χ1) is 5.97. The summed E-state index contributed by atoms with van der Waals surface area (Å²) in [4.78, 5) is 0. The first kappa shape index (κ1) is 7.85. The Morgan fingerprint density at radius 1 is 1.08 bits per heavy atom. The summed E-state index contributed by atoms with van der Waals surface area (Å²) >= 11 is 0. The summed E-state index contributed by atoms with van der Waals surface area (Å²) in [5, 5.41) is 0. The molecular weight excluding hydrogens is 144 g/mol. The number of hydrogen-bond acceptors (Lipinski definition) is 0. The normalized spacial score (nSPS) is 19.3. The van der Waals surface area contributed by atoms with Gasteiger partial charge in [0.25, 0.3) is 0 Å². The maximum Gasteiger partial charge on any atom is -0.00926 e. The summed E-state index contributed by atoms with van der Waals surface area (Å²) in [6.07, 6.45) is 8.72. The highest BCUT2D eigenvalue weighted by atomic mass is 14.2. The van der Waals surface area contributed by atoms with E-state index < -0.39 is 0 Å². The van der Waals surface area contributed by atoms with Gasteiger partial charge in [-0.3, -0.25) is 0 Å².